The molecule has 0 radical (unpaired) electrons. The second-order valence-electron chi connectivity index (χ2n) is 3.44. The molecule has 0 aliphatic rings. The SMILES string of the molecule is CC(C)=CCNCc1ccc(CO)o1. The second kappa shape index (κ2) is 5.62. The predicted octanol–water partition coefficient (Wildman–Crippen LogP) is 1.83. The Hall–Kier alpha value is -1.06. The first-order chi connectivity index (χ1) is 6.72. The Bertz CT molecular complexity index is 298. The van der Waals surface area contributed by atoms with Gasteiger partial charge in [-0.3, -0.25) is 0 Å². The van der Waals surface area contributed by atoms with Crippen molar-refractivity contribution in [3.8, 4) is 0 Å². The lowest BCUT2D eigenvalue weighted by Gasteiger charge is -1.98. The van der Waals surface area contributed by atoms with Crippen LogP contribution in [0.5, 0.6) is 0 Å². The van der Waals surface area contributed by atoms with E-state index in [4.69, 9.17) is 9.52 Å². The topological polar surface area (TPSA) is 45.4 Å². The molecular weight excluding hydrogens is 178 g/mol. The first-order valence-corrected chi connectivity index (χ1v) is 4.75. The Kier molecular flexibility index (Phi) is 4.43. The smallest absolute Gasteiger partial charge is 0.129 e. The molecule has 3 heteroatoms. The minimum absolute atomic E-state index is 0.0338. The number of aliphatic hydroxyl groups excluding tert-OH is 1. The van der Waals surface area contributed by atoms with Gasteiger partial charge in [0, 0.05) is 6.54 Å². The third-order valence-electron chi connectivity index (χ3n) is 1.83. The Morgan fingerprint density at radius 1 is 1.43 bits per heavy atom. The fourth-order valence-electron chi connectivity index (χ4n) is 1.07. The van der Waals surface area contributed by atoms with Crippen molar-refractivity contribution in [3.63, 3.8) is 0 Å². The second-order valence-corrected chi connectivity index (χ2v) is 3.44. The van der Waals surface area contributed by atoms with Gasteiger partial charge in [-0.1, -0.05) is 11.6 Å². The molecular formula is C11H17NO2. The summed E-state index contributed by atoms with van der Waals surface area (Å²) in [5.74, 6) is 1.47. The van der Waals surface area contributed by atoms with Crippen molar-refractivity contribution in [2.24, 2.45) is 0 Å². The number of hydrogen-bond donors (Lipinski definition) is 2. The summed E-state index contributed by atoms with van der Waals surface area (Å²) < 4.78 is 5.31. The van der Waals surface area contributed by atoms with E-state index in [0.29, 0.717) is 12.3 Å². The normalized spacial score (nSPS) is 10.2. The molecule has 0 amide bonds. The van der Waals surface area contributed by atoms with Crippen LogP contribution in [0.25, 0.3) is 0 Å². The van der Waals surface area contributed by atoms with E-state index in [9.17, 15) is 0 Å². The third kappa shape index (κ3) is 3.77. The first kappa shape index (κ1) is 11.0. The maximum atomic E-state index is 8.77. The summed E-state index contributed by atoms with van der Waals surface area (Å²) >= 11 is 0. The maximum absolute atomic E-state index is 8.77. The summed E-state index contributed by atoms with van der Waals surface area (Å²) in [6, 6.07) is 3.67. The molecule has 0 aromatic carbocycles. The molecule has 0 atom stereocenters. The van der Waals surface area contributed by atoms with E-state index < -0.39 is 0 Å². The van der Waals surface area contributed by atoms with E-state index in [1.807, 2.05) is 6.07 Å². The number of allylic oxidation sites excluding steroid dienone is 1. The van der Waals surface area contributed by atoms with Gasteiger partial charge in [0.25, 0.3) is 0 Å². The zero-order valence-corrected chi connectivity index (χ0v) is 8.71. The molecule has 0 saturated heterocycles. The number of hydrogen-bond acceptors (Lipinski definition) is 3. The average Bonchev–Trinajstić information content (AvgIpc) is 2.60. The largest absolute Gasteiger partial charge is 0.462 e. The Morgan fingerprint density at radius 2 is 2.14 bits per heavy atom. The van der Waals surface area contributed by atoms with E-state index in [1.165, 1.54) is 5.57 Å². The van der Waals surface area contributed by atoms with E-state index >= 15 is 0 Å². The van der Waals surface area contributed by atoms with Gasteiger partial charge in [-0.2, -0.15) is 0 Å². The molecule has 0 unspecified atom stereocenters. The highest BCUT2D eigenvalue weighted by Crippen LogP contribution is 2.06. The number of aliphatic hydroxyl groups is 1. The summed E-state index contributed by atoms with van der Waals surface area (Å²) in [4.78, 5) is 0. The summed E-state index contributed by atoms with van der Waals surface area (Å²) in [5, 5.41) is 12.0. The Morgan fingerprint density at radius 3 is 2.71 bits per heavy atom. The zero-order chi connectivity index (χ0) is 10.4. The molecule has 1 aromatic heterocycles. The fraction of sp³-hybridized carbons (Fsp3) is 0.455. The molecule has 3 nitrogen and oxygen atoms in total. The van der Waals surface area contributed by atoms with Crippen molar-refractivity contribution in [2.45, 2.75) is 27.0 Å². The van der Waals surface area contributed by atoms with Crippen LogP contribution >= 0.6 is 0 Å². The van der Waals surface area contributed by atoms with E-state index in [2.05, 4.69) is 25.2 Å². The minimum atomic E-state index is -0.0338. The molecule has 78 valence electrons. The van der Waals surface area contributed by atoms with E-state index in [1.54, 1.807) is 6.07 Å². The van der Waals surface area contributed by atoms with Gasteiger partial charge in [-0.25, -0.2) is 0 Å². The lowest BCUT2D eigenvalue weighted by Crippen LogP contribution is -2.12. The van der Waals surface area contributed by atoms with Crippen molar-refractivity contribution < 1.29 is 9.52 Å². The lowest BCUT2D eigenvalue weighted by molar-refractivity contribution is 0.243. The van der Waals surface area contributed by atoms with E-state index in [0.717, 1.165) is 12.3 Å². The molecule has 0 spiro atoms. The van der Waals surface area contributed by atoms with Gasteiger partial charge in [0.2, 0.25) is 0 Å². The van der Waals surface area contributed by atoms with Crippen molar-refractivity contribution in [3.05, 3.63) is 35.3 Å². The van der Waals surface area contributed by atoms with Gasteiger partial charge in [-0.05, 0) is 26.0 Å². The molecule has 1 rings (SSSR count). The quantitative estimate of drug-likeness (QED) is 0.556. The average molecular weight is 195 g/mol. The highest BCUT2D eigenvalue weighted by atomic mass is 16.4. The molecule has 1 heterocycles. The van der Waals surface area contributed by atoms with Crippen LogP contribution in [-0.2, 0) is 13.2 Å². The summed E-state index contributed by atoms with van der Waals surface area (Å²) in [6.45, 7) is 5.64. The van der Waals surface area contributed by atoms with E-state index in [-0.39, 0.29) is 6.61 Å². The molecule has 1 aromatic rings. The van der Waals surface area contributed by atoms with Crippen LogP contribution in [0.2, 0.25) is 0 Å². The number of furan rings is 1. The lowest BCUT2D eigenvalue weighted by atomic mass is 10.3. The van der Waals surface area contributed by atoms with Crippen molar-refractivity contribution in [1.29, 1.82) is 0 Å². The van der Waals surface area contributed by atoms with Crippen molar-refractivity contribution in [1.82, 2.24) is 5.32 Å². The molecule has 0 bridgehead atoms. The molecule has 14 heavy (non-hydrogen) atoms. The maximum Gasteiger partial charge on any atom is 0.129 e. The summed E-state index contributed by atoms with van der Waals surface area (Å²) in [7, 11) is 0. The van der Waals surface area contributed by atoms with Crippen molar-refractivity contribution in [2.75, 3.05) is 6.54 Å². The summed E-state index contributed by atoms with van der Waals surface area (Å²) in [6.07, 6.45) is 2.12. The van der Waals surface area contributed by atoms with Crippen LogP contribution in [0, 0.1) is 0 Å². The van der Waals surface area contributed by atoms with Crippen LogP contribution in [0.1, 0.15) is 25.4 Å². The minimum Gasteiger partial charge on any atom is -0.462 e. The van der Waals surface area contributed by atoms with Gasteiger partial charge in [0.15, 0.2) is 0 Å². The molecule has 0 aliphatic heterocycles. The van der Waals surface area contributed by atoms with Crippen molar-refractivity contribution >= 4 is 0 Å². The van der Waals surface area contributed by atoms with Gasteiger partial charge in [0.1, 0.15) is 18.1 Å². The highest BCUT2D eigenvalue weighted by molar-refractivity contribution is 5.06. The summed E-state index contributed by atoms with van der Waals surface area (Å²) in [5.41, 5.74) is 1.30. The third-order valence-corrected chi connectivity index (χ3v) is 1.83. The standard InChI is InChI=1S/C11H17NO2/c1-9(2)5-6-12-7-10-3-4-11(8-13)14-10/h3-5,12-13H,6-8H2,1-2H3. The monoisotopic (exact) mass is 195 g/mol. The van der Waals surface area contributed by atoms with Gasteiger partial charge < -0.3 is 14.8 Å². The van der Waals surface area contributed by atoms with Gasteiger partial charge >= 0.3 is 0 Å². The number of rotatable bonds is 5. The predicted molar refractivity (Wildman–Crippen MR) is 55.8 cm³/mol. The molecule has 0 saturated carbocycles. The zero-order valence-electron chi connectivity index (χ0n) is 8.71. The van der Waals surface area contributed by atoms with Crippen LogP contribution in [-0.4, -0.2) is 11.7 Å². The Balaban J connectivity index is 2.28. The van der Waals surface area contributed by atoms with Gasteiger partial charge in [0.05, 0.1) is 6.54 Å². The van der Waals surface area contributed by atoms with Crippen LogP contribution in [0.4, 0.5) is 0 Å². The number of nitrogens with one attached hydrogen (secondary N) is 1. The molecule has 0 aliphatic carbocycles. The molecule has 0 fully saturated rings. The van der Waals surface area contributed by atoms with Crippen LogP contribution in [0.3, 0.4) is 0 Å². The van der Waals surface area contributed by atoms with Gasteiger partial charge in [-0.15, -0.1) is 0 Å². The first-order valence-electron chi connectivity index (χ1n) is 4.75. The highest BCUT2D eigenvalue weighted by Gasteiger charge is 1.98. The van der Waals surface area contributed by atoms with Crippen LogP contribution in [0.15, 0.2) is 28.2 Å². The fourth-order valence-corrected chi connectivity index (χ4v) is 1.07. The van der Waals surface area contributed by atoms with Crippen LogP contribution < -0.4 is 5.32 Å². The molecule has 2 N–H and O–H groups in total. The Labute approximate surface area is 84.4 Å².